The van der Waals surface area contributed by atoms with Crippen molar-refractivity contribution in [3.8, 4) is 0 Å². The minimum atomic E-state index is -1.64. The molecule has 0 aliphatic carbocycles. The van der Waals surface area contributed by atoms with Crippen LogP contribution in [-0.4, -0.2) is 11.5 Å². The quantitative estimate of drug-likeness (QED) is 0.416. The molecule has 0 aliphatic rings. The molecule has 0 saturated carbocycles. The summed E-state index contributed by atoms with van der Waals surface area (Å²) in [6.07, 6.45) is 0. The molecule has 0 radical (unpaired) electrons. The van der Waals surface area contributed by atoms with Crippen molar-refractivity contribution in [2.24, 2.45) is 5.73 Å². The van der Waals surface area contributed by atoms with E-state index in [9.17, 15) is 4.39 Å². The molecule has 0 aromatic heterocycles. The Labute approximate surface area is 54.2 Å². The fourth-order valence-electron chi connectivity index (χ4n) is 0. The average molecular weight is 141 g/mol. The molecule has 0 atom stereocenters. The SMILES string of the molecule is CC(C)(F)C(=N)N.Cl. The maximum atomic E-state index is 12.2. The van der Waals surface area contributed by atoms with Crippen LogP contribution >= 0.6 is 12.4 Å². The normalized spacial score (nSPS) is 9.88. The standard InChI is InChI=1S/C4H9FN2.ClH/c1-4(2,5)3(6)7;/h1-2H3,(H3,6,7);1H. The van der Waals surface area contributed by atoms with E-state index < -0.39 is 11.5 Å². The molecule has 8 heavy (non-hydrogen) atoms. The Hall–Kier alpha value is -0.310. The van der Waals surface area contributed by atoms with Crippen molar-refractivity contribution < 1.29 is 4.39 Å². The zero-order valence-electron chi connectivity index (χ0n) is 4.86. The van der Waals surface area contributed by atoms with Crippen LogP contribution in [0, 0.1) is 5.41 Å². The van der Waals surface area contributed by atoms with Gasteiger partial charge in [-0.15, -0.1) is 12.4 Å². The van der Waals surface area contributed by atoms with Gasteiger partial charge in [-0.25, -0.2) is 4.39 Å². The Morgan fingerprint density at radius 1 is 1.62 bits per heavy atom. The fraction of sp³-hybridized carbons (Fsp3) is 0.750. The van der Waals surface area contributed by atoms with Crippen molar-refractivity contribution >= 4 is 18.2 Å². The van der Waals surface area contributed by atoms with E-state index in [1.54, 1.807) is 0 Å². The minimum Gasteiger partial charge on any atom is -0.385 e. The number of hydrogen-bond acceptors (Lipinski definition) is 1. The van der Waals surface area contributed by atoms with Gasteiger partial charge in [0.15, 0.2) is 5.67 Å². The first-order chi connectivity index (χ1) is 2.94. The highest BCUT2D eigenvalue weighted by molar-refractivity contribution is 5.85. The van der Waals surface area contributed by atoms with E-state index in [1.807, 2.05) is 0 Å². The van der Waals surface area contributed by atoms with Crippen LogP contribution in [0.4, 0.5) is 4.39 Å². The van der Waals surface area contributed by atoms with Crippen LogP contribution in [0.1, 0.15) is 13.8 Å². The van der Waals surface area contributed by atoms with Crippen molar-refractivity contribution in [2.75, 3.05) is 0 Å². The van der Waals surface area contributed by atoms with Gasteiger partial charge in [-0.05, 0) is 13.8 Å². The summed E-state index contributed by atoms with van der Waals surface area (Å²) in [6, 6.07) is 0. The third-order valence-electron chi connectivity index (χ3n) is 0.640. The van der Waals surface area contributed by atoms with Crippen LogP contribution in [0.3, 0.4) is 0 Å². The van der Waals surface area contributed by atoms with Crippen molar-refractivity contribution in [1.82, 2.24) is 0 Å². The first kappa shape index (κ1) is 10.6. The highest BCUT2D eigenvalue weighted by Gasteiger charge is 2.18. The van der Waals surface area contributed by atoms with E-state index in [2.05, 4.69) is 0 Å². The summed E-state index contributed by atoms with van der Waals surface area (Å²) in [4.78, 5) is 0. The lowest BCUT2D eigenvalue weighted by atomic mass is 10.1. The van der Waals surface area contributed by atoms with Crippen LogP contribution in [0.5, 0.6) is 0 Å². The fourth-order valence-corrected chi connectivity index (χ4v) is 0. The summed E-state index contributed by atoms with van der Waals surface area (Å²) in [5.74, 6) is -0.424. The van der Waals surface area contributed by atoms with Gasteiger partial charge in [-0.1, -0.05) is 0 Å². The zero-order chi connectivity index (χ0) is 6.08. The second-order valence-corrected chi connectivity index (χ2v) is 1.89. The molecule has 2 nitrogen and oxygen atoms in total. The summed E-state index contributed by atoms with van der Waals surface area (Å²) < 4.78 is 12.2. The number of rotatable bonds is 1. The maximum absolute atomic E-state index is 12.2. The lowest BCUT2D eigenvalue weighted by Crippen LogP contribution is -2.32. The van der Waals surface area contributed by atoms with E-state index in [1.165, 1.54) is 13.8 Å². The molecule has 0 amide bonds. The molecule has 50 valence electrons. The van der Waals surface area contributed by atoms with E-state index in [4.69, 9.17) is 11.1 Å². The van der Waals surface area contributed by atoms with Gasteiger partial charge in [0.1, 0.15) is 5.84 Å². The molecule has 0 fully saturated rings. The second kappa shape index (κ2) is 2.87. The number of alkyl halides is 1. The number of nitrogens with two attached hydrogens (primary N) is 1. The molecule has 0 spiro atoms. The first-order valence-corrected chi connectivity index (χ1v) is 1.98. The predicted molar refractivity (Wildman–Crippen MR) is 34.3 cm³/mol. The Balaban J connectivity index is 0. The van der Waals surface area contributed by atoms with Crippen molar-refractivity contribution in [3.05, 3.63) is 0 Å². The summed E-state index contributed by atoms with van der Waals surface area (Å²) in [5.41, 5.74) is 3.14. The smallest absolute Gasteiger partial charge is 0.161 e. The lowest BCUT2D eigenvalue weighted by molar-refractivity contribution is 0.310. The second-order valence-electron chi connectivity index (χ2n) is 1.89. The highest BCUT2D eigenvalue weighted by atomic mass is 35.5. The highest BCUT2D eigenvalue weighted by Crippen LogP contribution is 2.04. The molecule has 0 heterocycles. The monoisotopic (exact) mass is 140 g/mol. The zero-order valence-corrected chi connectivity index (χ0v) is 5.68. The molecule has 0 saturated heterocycles. The predicted octanol–water partition coefficient (Wildman–Crippen LogP) is 1.09. The Morgan fingerprint density at radius 2 is 1.75 bits per heavy atom. The molecule has 0 bridgehead atoms. The Morgan fingerprint density at radius 3 is 1.75 bits per heavy atom. The molecule has 0 aromatic carbocycles. The average Bonchev–Trinajstić information content (AvgIpc) is 1.31. The number of halogens is 2. The molecule has 4 heteroatoms. The van der Waals surface area contributed by atoms with Gasteiger partial charge in [-0.3, -0.25) is 5.41 Å². The number of hydrogen-bond donors (Lipinski definition) is 2. The molecule has 0 unspecified atom stereocenters. The van der Waals surface area contributed by atoms with Crippen molar-refractivity contribution in [3.63, 3.8) is 0 Å². The third kappa shape index (κ3) is 3.87. The maximum Gasteiger partial charge on any atom is 0.161 e. The Kier molecular flexibility index (Phi) is 3.81. The van der Waals surface area contributed by atoms with Crippen LogP contribution in [0.2, 0.25) is 0 Å². The number of nitrogens with one attached hydrogen (secondary N) is 1. The third-order valence-corrected chi connectivity index (χ3v) is 0.640. The summed E-state index contributed by atoms with van der Waals surface area (Å²) >= 11 is 0. The molecule has 0 aromatic rings. The molecule has 0 aliphatic heterocycles. The van der Waals surface area contributed by atoms with Crippen LogP contribution < -0.4 is 5.73 Å². The van der Waals surface area contributed by atoms with E-state index in [-0.39, 0.29) is 12.4 Å². The minimum absolute atomic E-state index is 0. The molecular formula is C4H10ClFN2. The van der Waals surface area contributed by atoms with Gasteiger partial charge in [0.2, 0.25) is 0 Å². The van der Waals surface area contributed by atoms with E-state index in [0.29, 0.717) is 0 Å². The summed E-state index contributed by atoms with van der Waals surface area (Å²) in [6.45, 7) is 2.49. The van der Waals surface area contributed by atoms with Gasteiger partial charge < -0.3 is 5.73 Å². The van der Waals surface area contributed by atoms with Gasteiger partial charge in [-0.2, -0.15) is 0 Å². The number of amidine groups is 1. The summed E-state index contributed by atoms with van der Waals surface area (Å²) in [7, 11) is 0. The molecular weight excluding hydrogens is 131 g/mol. The van der Waals surface area contributed by atoms with Gasteiger partial charge in [0.25, 0.3) is 0 Å². The molecule has 3 N–H and O–H groups in total. The van der Waals surface area contributed by atoms with E-state index >= 15 is 0 Å². The lowest BCUT2D eigenvalue weighted by Gasteiger charge is -2.09. The van der Waals surface area contributed by atoms with Crippen molar-refractivity contribution in [2.45, 2.75) is 19.5 Å². The topological polar surface area (TPSA) is 49.9 Å². The van der Waals surface area contributed by atoms with Gasteiger partial charge in [0.05, 0.1) is 0 Å². The summed E-state index contributed by atoms with van der Waals surface area (Å²) in [5, 5.41) is 6.55. The largest absolute Gasteiger partial charge is 0.385 e. The van der Waals surface area contributed by atoms with Gasteiger partial charge in [0, 0.05) is 0 Å². The van der Waals surface area contributed by atoms with Crippen LogP contribution in [-0.2, 0) is 0 Å². The Bertz CT molecular complexity index is 86.5. The van der Waals surface area contributed by atoms with E-state index in [0.717, 1.165) is 0 Å². The molecule has 0 rings (SSSR count). The van der Waals surface area contributed by atoms with Gasteiger partial charge >= 0.3 is 0 Å². The van der Waals surface area contributed by atoms with Crippen LogP contribution in [0.15, 0.2) is 0 Å². The first-order valence-electron chi connectivity index (χ1n) is 1.98. The van der Waals surface area contributed by atoms with Crippen molar-refractivity contribution in [1.29, 1.82) is 5.41 Å². The van der Waals surface area contributed by atoms with Crippen LogP contribution in [0.25, 0.3) is 0 Å².